The zero-order valence-corrected chi connectivity index (χ0v) is 15.3. The van der Waals surface area contributed by atoms with Gasteiger partial charge in [-0.3, -0.25) is 9.59 Å². The minimum Gasteiger partial charge on any atom is -0.480 e. The van der Waals surface area contributed by atoms with Gasteiger partial charge in [-0.1, -0.05) is 29.3 Å². The van der Waals surface area contributed by atoms with Crippen molar-refractivity contribution in [2.45, 2.75) is 19.4 Å². The molecule has 0 saturated carbocycles. The van der Waals surface area contributed by atoms with Crippen molar-refractivity contribution in [3.8, 4) is 0 Å². The molecule has 136 valence electrons. The number of anilines is 1. The highest BCUT2D eigenvalue weighted by molar-refractivity contribution is 6.36. The van der Waals surface area contributed by atoms with Crippen LogP contribution in [0.5, 0.6) is 0 Å². The molecule has 0 aliphatic rings. The van der Waals surface area contributed by atoms with Crippen LogP contribution in [0.25, 0.3) is 0 Å². The minimum atomic E-state index is -1.20. The quantitative estimate of drug-likeness (QED) is 0.699. The smallest absolute Gasteiger partial charge is 0.326 e. The number of carboxylic acids is 1. The molecule has 0 aromatic heterocycles. The monoisotopic (exact) mass is 394 g/mol. The van der Waals surface area contributed by atoms with Crippen molar-refractivity contribution in [3.63, 3.8) is 0 Å². The summed E-state index contributed by atoms with van der Waals surface area (Å²) >= 11 is 12.1. The van der Waals surface area contributed by atoms with E-state index in [4.69, 9.17) is 23.2 Å². The van der Waals surface area contributed by atoms with Crippen molar-refractivity contribution in [3.05, 3.63) is 63.6 Å². The Balaban J connectivity index is 2.13. The van der Waals surface area contributed by atoms with Crippen LogP contribution >= 0.6 is 23.2 Å². The molecular weight excluding hydrogens is 379 g/mol. The topological polar surface area (TPSA) is 95.5 Å². The van der Waals surface area contributed by atoms with E-state index in [0.29, 0.717) is 21.3 Å². The van der Waals surface area contributed by atoms with E-state index in [1.807, 2.05) is 0 Å². The zero-order valence-electron chi connectivity index (χ0n) is 13.8. The van der Waals surface area contributed by atoms with Gasteiger partial charge in [0.25, 0.3) is 5.91 Å². The average molecular weight is 395 g/mol. The van der Waals surface area contributed by atoms with E-state index in [1.165, 1.54) is 19.1 Å². The number of hydrogen-bond donors (Lipinski definition) is 3. The lowest BCUT2D eigenvalue weighted by Crippen LogP contribution is -2.42. The number of rotatable bonds is 6. The normalized spacial score (nSPS) is 11.5. The first-order valence-corrected chi connectivity index (χ1v) is 8.37. The number of carboxylic acid groups (broad SMARTS) is 1. The van der Waals surface area contributed by atoms with E-state index < -0.39 is 17.9 Å². The molecule has 3 N–H and O–H groups in total. The molecule has 2 aromatic rings. The second-order valence-electron chi connectivity index (χ2n) is 5.53. The zero-order chi connectivity index (χ0) is 19.3. The van der Waals surface area contributed by atoms with Crippen molar-refractivity contribution in [1.29, 1.82) is 0 Å². The SMILES string of the molecule is CC(=O)Nc1ccc(C(=O)N[C@H](Cc2c(Cl)cccc2Cl)C(=O)O)cc1. The Morgan fingerprint density at radius 3 is 2.12 bits per heavy atom. The average Bonchev–Trinajstić information content (AvgIpc) is 2.57. The van der Waals surface area contributed by atoms with Gasteiger partial charge in [0.1, 0.15) is 6.04 Å². The van der Waals surface area contributed by atoms with Crippen molar-refractivity contribution >= 4 is 46.7 Å². The standard InChI is InChI=1S/C18H16Cl2N2O4/c1-10(23)21-12-7-5-11(6-8-12)17(24)22-16(18(25)26)9-13-14(19)3-2-4-15(13)20/h2-8,16H,9H2,1H3,(H,21,23)(H,22,24)(H,25,26)/t16-/m1/s1. The summed E-state index contributed by atoms with van der Waals surface area (Å²) in [5, 5.41) is 15.1. The molecule has 1 atom stereocenters. The number of aliphatic carboxylic acids is 1. The minimum absolute atomic E-state index is 0.0520. The Hall–Kier alpha value is -2.57. The van der Waals surface area contributed by atoms with E-state index in [1.54, 1.807) is 30.3 Å². The highest BCUT2D eigenvalue weighted by atomic mass is 35.5. The van der Waals surface area contributed by atoms with Gasteiger partial charge in [0.05, 0.1) is 0 Å². The van der Waals surface area contributed by atoms with Crippen molar-refractivity contribution in [2.75, 3.05) is 5.32 Å². The van der Waals surface area contributed by atoms with Gasteiger partial charge < -0.3 is 15.7 Å². The van der Waals surface area contributed by atoms with Crippen LogP contribution in [0, 0.1) is 0 Å². The molecule has 2 aromatic carbocycles. The van der Waals surface area contributed by atoms with Crippen molar-refractivity contribution in [2.24, 2.45) is 0 Å². The van der Waals surface area contributed by atoms with E-state index in [9.17, 15) is 19.5 Å². The molecule has 0 heterocycles. The number of benzene rings is 2. The fourth-order valence-corrected chi connectivity index (χ4v) is 2.83. The van der Waals surface area contributed by atoms with Crippen LogP contribution in [0.1, 0.15) is 22.8 Å². The molecule has 2 amide bonds. The van der Waals surface area contributed by atoms with Gasteiger partial charge in [-0.05, 0) is 42.0 Å². The summed E-state index contributed by atoms with van der Waals surface area (Å²) in [6.45, 7) is 1.37. The van der Waals surface area contributed by atoms with Gasteiger partial charge >= 0.3 is 5.97 Å². The predicted octanol–water partition coefficient (Wildman–Crippen LogP) is 3.38. The van der Waals surface area contributed by atoms with E-state index in [2.05, 4.69) is 10.6 Å². The Bertz CT molecular complexity index is 817. The summed E-state index contributed by atoms with van der Waals surface area (Å²) < 4.78 is 0. The fourth-order valence-electron chi connectivity index (χ4n) is 2.28. The largest absolute Gasteiger partial charge is 0.480 e. The Kier molecular flexibility index (Phi) is 6.60. The Labute approximate surface area is 160 Å². The summed E-state index contributed by atoms with van der Waals surface area (Å²) in [4.78, 5) is 34.8. The predicted molar refractivity (Wildman–Crippen MR) is 99.8 cm³/mol. The molecule has 6 nitrogen and oxygen atoms in total. The van der Waals surface area contributed by atoms with Gasteiger partial charge in [0, 0.05) is 34.6 Å². The molecule has 0 spiro atoms. The van der Waals surface area contributed by atoms with E-state index in [0.717, 1.165) is 0 Å². The first-order valence-electron chi connectivity index (χ1n) is 7.62. The van der Waals surface area contributed by atoms with Crippen molar-refractivity contribution < 1.29 is 19.5 Å². The number of hydrogen-bond acceptors (Lipinski definition) is 3. The summed E-state index contributed by atoms with van der Waals surface area (Å²) in [6, 6.07) is 9.74. The maximum absolute atomic E-state index is 12.3. The fraction of sp³-hybridized carbons (Fsp3) is 0.167. The third-order valence-corrected chi connectivity index (χ3v) is 4.25. The lowest BCUT2D eigenvalue weighted by molar-refractivity contribution is -0.139. The summed E-state index contributed by atoms with van der Waals surface area (Å²) in [6.07, 6.45) is -0.0520. The second kappa shape index (κ2) is 8.69. The maximum Gasteiger partial charge on any atom is 0.326 e. The van der Waals surface area contributed by atoms with E-state index in [-0.39, 0.29) is 17.9 Å². The van der Waals surface area contributed by atoms with Gasteiger partial charge in [-0.2, -0.15) is 0 Å². The van der Waals surface area contributed by atoms with Crippen molar-refractivity contribution in [1.82, 2.24) is 5.32 Å². The summed E-state index contributed by atoms with van der Waals surface area (Å²) in [5.74, 6) is -2.00. The summed E-state index contributed by atoms with van der Waals surface area (Å²) in [5.41, 5.74) is 1.24. The molecule has 0 bridgehead atoms. The lowest BCUT2D eigenvalue weighted by atomic mass is 10.0. The van der Waals surface area contributed by atoms with E-state index >= 15 is 0 Å². The molecule has 26 heavy (non-hydrogen) atoms. The molecule has 0 aliphatic carbocycles. The molecule has 2 rings (SSSR count). The summed E-state index contributed by atoms with van der Waals surface area (Å²) in [7, 11) is 0. The molecule has 0 radical (unpaired) electrons. The van der Waals surface area contributed by atoms with Crippen LogP contribution in [-0.2, 0) is 16.0 Å². The number of carbonyl (C=O) groups is 3. The number of nitrogens with one attached hydrogen (secondary N) is 2. The van der Waals surface area contributed by atoms with Crippen LogP contribution in [0.3, 0.4) is 0 Å². The maximum atomic E-state index is 12.3. The molecule has 8 heteroatoms. The number of halogens is 2. The molecule has 0 fully saturated rings. The number of amides is 2. The number of carbonyl (C=O) groups excluding carboxylic acids is 2. The third kappa shape index (κ3) is 5.21. The molecular formula is C18H16Cl2N2O4. The van der Waals surface area contributed by atoms with Crippen LogP contribution in [0.2, 0.25) is 10.0 Å². The molecule has 0 unspecified atom stereocenters. The lowest BCUT2D eigenvalue weighted by Gasteiger charge is -2.16. The van der Waals surface area contributed by atoms with Crippen LogP contribution < -0.4 is 10.6 Å². The second-order valence-corrected chi connectivity index (χ2v) is 6.34. The first-order chi connectivity index (χ1) is 12.3. The molecule has 0 aliphatic heterocycles. The Morgan fingerprint density at radius 1 is 1.04 bits per heavy atom. The van der Waals surface area contributed by atoms with Gasteiger partial charge in [-0.15, -0.1) is 0 Å². The molecule has 0 saturated heterocycles. The highest BCUT2D eigenvalue weighted by Gasteiger charge is 2.23. The van der Waals surface area contributed by atoms with Crippen LogP contribution in [0.4, 0.5) is 5.69 Å². The van der Waals surface area contributed by atoms with Crippen LogP contribution in [0.15, 0.2) is 42.5 Å². The van der Waals surface area contributed by atoms with Gasteiger partial charge in [-0.25, -0.2) is 4.79 Å². The highest BCUT2D eigenvalue weighted by Crippen LogP contribution is 2.25. The van der Waals surface area contributed by atoms with Gasteiger partial charge in [0.2, 0.25) is 5.91 Å². The third-order valence-electron chi connectivity index (χ3n) is 3.54. The Morgan fingerprint density at radius 2 is 1.62 bits per heavy atom. The van der Waals surface area contributed by atoms with Crippen LogP contribution in [-0.4, -0.2) is 28.9 Å². The van der Waals surface area contributed by atoms with Gasteiger partial charge in [0.15, 0.2) is 0 Å². The first kappa shape index (κ1) is 19.8.